The number of benzene rings is 2. The van der Waals surface area contributed by atoms with Crippen molar-refractivity contribution in [2.45, 2.75) is 44.6 Å². The molecule has 3 aromatic rings. The van der Waals surface area contributed by atoms with Gasteiger partial charge in [0.25, 0.3) is 5.91 Å². The molecule has 1 aromatic heterocycles. The van der Waals surface area contributed by atoms with Crippen LogP contribution in [0.1, 0.15) is 57.8 Å². The first kappa shape index (κ1) is 19.7. The van der Waals surface area contributed by atoms with Crippen molar-refractivity contribution in [3.8, 4) is 0 Å². The summed E-state index contributed by atoms with van der Waals surface area (Å²) in [6, 6.07) is 18.1. The molecule has 1 aliphatic carbocycles. The molecule has 0 atom stereocenters. The van der Waals surface area contributed by atoms with E-state index in [0.29, 0.717) is 12.2 Å². The van der Waals surface area contributed by atoms with Gasteiger partial charge in [-0.15, -0.1) is 0 Å². The van der Waals surface area contributed by atoms with Crippen LogP contribution in [0.3, 0.4) is 0 Å². The SMILES string of the molecule is CNC(=O)c1cnc2c(n1)CN(c1ccc(C3(c4ccc(C)cc4)CCC3)cc1)CC2. The third-order valence-corrected chi connectivity index (χ3v) is 6.95. The predicted octanol–water partition coefficient (Wildman–Crippen LogP) is 4.18. The monoisotopic (exact) mass is 412 g/mol. The molecule has 1 aliphatic heterocycles. The lowest BCUT2D eigenvalue weighted by atomic mass is 9.60. The predicted molar refractivity (Wildman–Crippen MR) is 122 cm³/mol. The highest BCUT2D eigenvalue weighted by molar-refractivity contribution is 5.91. The number of hydrogen-bond acceptors (Lipinski definition) is 4. The van der Waals surface area contributed by atoms with E-state index in [2.05, 4.69) is 75.6 Å². The van der Waals surface area contributed by atoms with Crippen LogP contribution in [-0.2, 0) is 18.4 Å². The highest BCUT2D eigenvalue weighted by Crippen LogP contribution is 2.49. The van der Waals surface area contributed by atoms with E-state index in [1.54, 1.807) is 13.2 Å². The first-order valence-electron chi connectivity index (χ1n) is 11.1. The number of anilines is 1. The second-order valence-corrected chi connectivity index (χ2v) is 8.75. The number of aromatic nitrogens is 2. The summed E-state index contributed by atoms with van der Waals surface area (Å²) in [6.45, 7) is 3.73. The van der Waals surface area contributed by atoms with Gasteiger partial charge in [-0.05, 0) is 43.0 Å². The van der Waals surface area contributed by atoms with Gasteiger partial charge in [-0.25, -0.2) is 4.98 Å². The number of fused-ring (bicyclic) bond motifs is 1. The summed E-state index contributed by atoms with van der Waals surface area (Å²) in [6.07, 6.45) is 6.12. The van der Waals surface area contributed by atoms with Crippen molar-refractivity contribution < 1.29 is 4.79 Å². The highest BCUT2D eigenvalue weighted by Gasteiger charge is 2.40. The minimum Gasteiger partial charge on any atom is -0.365 e. The van der Waals surface area contributed by atoms with Crippen LogP contribution in [0.25, 0.3) is 0 Å². The molecule has 2 aliphatic rings. The molecule has 0 saturated heterocycles. The van der Waals surface area contributed by atoms with Gasteiger partial charge < -0.3 is 10.2 Å². The molecule has 1 saturated carbocycles. The molecule has 5 nitrogen and oxygen atoms in total. The summed E-state index contributed by atoms with van der Waals surface area (Å²) in [7, 11) is 1.61. The zero-order valence-electron chi connectivity index (χ0n) is 18.2. The smallest absolute Gasteiger partial charge is 0.271 e. The molecule has 0 spiro atoms. The molecule has 5 heteroatoms. The van der Waals surface area contributed by atoms with Crippen LogP contribution in [0.4, 0.5) is 5.69 Å². The Hall–Kier alpha value is -3.21. The van der Waals surface area contributed by atoms with E-state index in [-0.39, 0.29) is 11.3 Å². The van der Waals surface area contributed by atoms with Crippen LogP contribution in [0.5, 0.6) is 0 Å². The van der Waals surface area contributed by atoms with E-state index >= 15 is 0 Å². The minimum absolute atomic E-state index is 0.161. The van der Waals surface area contributed by atoms with E-state index in [0.717, 1.165) is 24.4 Å². The molecule has 1 N–H and O–H groups in total. The Morgan fingerprint density at radius 3 is 2.29 bits per heavy atom. The minimum atomic E-state index is -0.196. The van der Waals surface area contributed by atoms with Crippen molar-refractivity contribution in [3.63, 3.8) is 0 Å². The summed E-state index contributed by atoms with van der Waals surface area (Å²) in [4.78, 5) is 23.3. The van der Waals surface area contributed by atoms with Crippen molar-refractivity contribution in [3.05, 3.63) is 88.5 Å². The second kappa shape index (κ2) is 7.80. The molecule has 31 heavy (non-hydrogen) atoms. The normalized spacial score (nSPS) is 16.9. The second-order valence-electron chi connectivity index (χ2n) is 8.75. The average Bonchev–Trinajstić information content (AvgIpc) is 2.79. The third kappa shape index (κ3) is 3.48. The van der Waals surface area contributed by atoms with Gasteiger partial charge in [-0.3, -0.25) is 9.78 Å². The Morgan fingerprint density at radius 1 is 1.00 bits per heavy atom. The van der Waals surface area contributed by atoms with Crippen LogP contribution in [0, 0.1) is 6.92 Å². The van der Waals surface area contributed by atoms with Gasteiger partial charge in [0.2, 0.25) is 0 Å². The molecule has 0 bridgehead atoms. The molecule has 0 radical (unpaired) electrons. The van der Waals surface area contributed by atoms with Gasteiger partial charge in [0.1, 0.15) is 5.69 Å². The highest BCUT2D eigenvalue weighted by atomic mass is 16.1. The van der Waals surface area contributed by atoms with Crippen molar-refractivity contribution in [2.24, 2.45) is 0 Å². The van der Waals surface area contributed by atoms with E-state index in [1.165, 1.54) is 41.6 Å². The van der Waals surface area contributed by atoms with E-state index in [4.69, 9.17) is 0 Å². The summed E-state index contributed by atoms with van der Waals surface area (Å²) >= 11 is 0. The molecule has 2 heterocycles. The van der Waals surface area contributed by atoms with Crippen LogP contribution in [-0.4, -0.2) is 29.5 Å². The van der Waals surface area contributed by atoms with Crippen LogP contribution in [0.15, 0.2) is 54.7 Å². The number of nitrogens with one attached hydrogen (secondary N) is 1. The zero-order chi connectivity index (χ0) is 21.4. The Bertz CT molecular complexity index is 1100. The Balaban J connectivity index is 1.38. The Labute approximate surface area is 183 Å². The fourth-order valence-electron chi connectivity index (χ4n) is 4.88. The molecular weight excluding hydrogens is 384 g/mol. The molecule has 158 valence electrons. The average molecular weight is 413 g/mol. The van der Waals surface area contributed by atoms with Crippen molar-refractivity contribution in [1.82, 2.24) is 15.3 Å². The first-order chi connectivity index (χ1) is 15.1. The van der Waals surface area contributed by atoms with Crippen LogP contribution < -0.4 is 10.2 Å². The van der Waals surface area contributed by atoms with Gasteiger partial charge in [0.15, 0.2) is 0 Å². The van der Waals surface area contributed by atoms with Crippen molar-refractivity contribution >= 4 is 11.6 Å². The summed E-state index contributed by atoms with van der Waals surface area (Å²) in [5.74, 6) is -0.196. The number of aryl methyl sites for hydroxylation is 1. The van der Waals surface area contributed by atoms with Crippen molar-refractivity contribution in [2.75, 3.05) is 18.5 Å². The number of amides is 1. The number of hydrogen-bond donors (Lipinski definition) is 1. The maximum atomic E-state index is 11.9. The first-order valence-corrected chi connectivity index (χ1v) is 11.1. The summed E-state index contributed by atoms with van der Waals surface area (Å²) < 4.78 is 0. The number of nitrogens with zero attached hydrogens (tertiary/aromatic N) is 3. The summed E-state index contributed by atoms with van der Waals surface area (Å²) in [5.41, 5.74) is 7.77. The lowest BCUT2D eigenvalue weighted by Gasteiger charge is -2.43. The lowest BCUT2D eigenvalue weighted by Crippen LogP contribution is -2.35. The fourth-order valence-corrected chi connectivity index (χ4v) is 4.88. The Morgan fingerprint density at radius 2 is 1.68 bits per heavy atom. The molecule has 1 amide bonds. The topological polar surface area (TPSA) is 58.1 Å². The van der Waals surface area contributed by atoms with E-state index in [9.17, 15) is 4.79 Å². The van der Waals surface area contributed by atoms with E-state index in [1.807, 2.05) is 0 Å². The quantitative estimate of drug-likeness (QED) is 0.699. The lowest BCUT2D eigenvalue weighted by molar-refractivity contribution is 0.0957. The van der Waals surface area contributed by atoms with Crippen molar-refractivity contribution in [1.29, 1.82) is 0 Å². The number of carbonyl (C=O) groups is 1. The van der Waals surface area contributed by atoms with E-state index < -0.39 is 0 Å². The molecule has 0 unspecified atom stereocenters. The third-order valence-electron chi connectivity index (χ3n) is 6.95. The van der Waals surface area contributed by atoms with Crippen LogP contribution in [0.2, 0.25) is 0 Å². The Kier molecular flexibility index (Phi) is 4.97. The van der Waals surface area contributed by atoms with Crippen LogP contribution >= 0.6 is 0 Å². The molecular formula is C26H28N4O. The molecule has 5 rings (SSSR count). The number of rotatable bonds is 4. The maximum Gasteiger partial charge on any atom is 0.271 e. The van der Waals surface area contributed by atoms with Gasteiger partial charge in [0.05, 0.1) is 24.1 Å². The van der Waals surface area contributed by atoms with Gasteiger partial charge in [-0.1, -0.05) is 48.4 Å². The summed E-state index contributed by atoms with van der Waals surface area (Å²) in [5, 5.41) is 2.62. The maximum absolute atomic E-state index is 11.9. The van der Waals surface area contributed by atoms with Gasteiger partial charge >= 0.3 is 0 Å². The fraction of sp³-hybridized carbons (Fsp3) is 0.346. The standard InChI is InChI=1S/C26H28N4O/c1-18-4-6-19(7-5-18)26(13-3-14-26)20-8-10-21(11-9-20)30-15-12-22-24(17-30)29-23(16-28-22)25(31)27-2/h4-11,16H,3,12-15,17H2,1-2H3,(H,27,31). The number of carbonyl (C=O) groups excluding carboxylic acids is 1. The van der Waals surface area contributed by atoms with Gasteiger partial charge in [-0.2, -0.15) is 0 Å². The largest absolute Gasteiger partial charge is 0.365 e. The van der Waals surface area contributed by atoms with Gasteiger partial charge in [0, 0.05) is 31.1 Å². The molecule has 2 aromatic carbocycles. The zero-order valence-corrected chi connectivity index (χ0v) is 18.2. The molecule has 1 fully saturated rings.